The second kappa shape index (κ2) is 8.72. The molecule has 1 aromatic carbocycles. The van der Waals surface area contributed by atoms with Gasteiger partial charge in [0.15, 0.2) is 0 Å². The molecule has 0 bridgehead atoms. The number of pyridine rings is 1. The van der Waals surface area contributed by atoms with Crippen LogP contribution in [0.1, 0.15) is 39.8 Å². The number of anilines is 1. The van der Waals surface area contributed by atoms with Crippen LogP contribution in [0.2, 0.25) is 0 Å². The molecule has 1 aliphatic carbocycles. The molecule has 0 aliphatic heterocycles. The number of aliphatic hydroxyl groups excluding tert-OH is 1. The van der Waals surface area contributed by atoms with E-state index in [0.717, 1.165) is 11.1 Å². The third-order valence-corrected chi connectivity index (χ3v) is 5.53. The van der Waals surface area contributed by atoms with Crippen molar-refractivity contribution in [1.82, 2.24) is 19.5 Å². The molecule has 1 amide bonds. The first kappa shape index (κ1) is 21.2. The number of nitrogens with zero attached hydrogens (tertiary/aromatic N) is 4. The number of carbonyl (C=O) groups excluding carboxylic acids is 1. The van der Waals surface area contributed by atoms with Gasteiger partial charge in [-0.2, -0.15) is 4.98 Å². The average Bonchev–Trinajstić information content (AvgIpc) is 3.19. The van der Waals surface area contributed by atoms with Gasteiger partial charge in [-0.15, -0.1) is 0 Å². The molecule has 10 heteroatoms. The summed E-state index contributed by atoms with van der Waals surface area (Å²) >= 11 is 0. The van der Waals surface area contributed by atoms with Gasteiger partial charge in [0.05, 0.1) is 31.9 Å². The fourth-order valence-electron chi connectivity index (χ4n) is 3.54. The van der Waals surface area contributed by atoms with E-state index in [4.69, 9.17) is 14.4 Å². The van der Waals surface area contributed by atoms with Crippen LogP contribution in [0.4, 0.5) is 10.1 Å². The van der Waals surface area contributed by atoms with Crippen molar-refractivity contribution in [2.75, 3.05) is 18.5 Å². The smallest absolute Gasteiger partial charge is 0.274 e. The van der Waals surface area contributed by atoms with Crippen molar-refractivity contribution in [2.45, 2.75) is 32.0 Å². The molecular formula is C23H22FN5O4. The van der Waals surface area contributed by atoms with Crippen molar-refractivity contribution >= 4 is 17.2 Å². The predicted octanol–water partition coefficient (Wildman–Crippen LogP) is 3.28. The van der Waals surface area contributed by atoms with Crippen molar-refractivity contribution in [3.63, 3.8) is 0 Å². The van der Waals surface area contributed by atoms with Gasteiger partial charge in [-0.05, 0) is 42.7 Å². The molecule has 2 atom stereocenters. The highest BCUT2D eigenvalue weighted by Crippen LogP contribution is 2.43. The van der Waals surface area contributed by atoms with E-state index in [9.17, 15) is 9.18 Å². The van der Waals surface area contributed by atoms with Crippen LogP contribution in [-0.4, -0.2) is 49.9 Å². The van der Waals surface area contributed by atoms with E-state index in [1.807, 2.05) is 31.2 Å². The molecule has 9 nitrogen and oxygen atoms in total. The summed E-state index contributed by atoms with van der Waals surface area (Å²) in [4.78, 5) is 21.6. The van der Waals surface area contributed by atoms with Crippen LogP contribution in [0.5, 0.6) is 0 Å². The zero-order valence-corrected chi connectivity index (χ0v) is 17.9. The van der Waals surface area contributed by atoms with Crippen LogP contribution in [0, 0.1) is 6.92 Å². The SMILES string of the molecule is Cc1ccc(-c2noc([C@H]3C[C@H]3F)n2)cc1NC(=O)c1cnc2cc(COCCO)ccn12. The summed E-state index contributed by atoms with van der Waals surface area (Å²) in [5.74, 6) is 0.0210. The lowest BCUT2D eigenvalue weighted by molar-refractivity contribution is 0.0815. The van der Waals surface area contributed by atoms with Crippen LogP contribution in [-0.2, 0) is 11.3 Å². The Morgan fingerprint density at radius 2 is 2.21 bits per heavy atom. The normalized spacial score (nSPS) is 17.4. The number of aromatic nitrogens is 4. The Bertz CT molecular complexity index is 1320. The molecule has 33 heavy (non-hydrogen) atoms. The van der Waals surface area contributed by atoms with Crippen LogP contribution in [0.15, 0.2) is 47.2 Å². The average molecular weight is 451 g/mol. The van der Waals surface area contributed by atoms with Crippen molar-refractivity contribution < 1.29 is 23.6 Å². The van der Waals surface area contributed by atoms with Gasteiger partial charge in [-0.25, -0.2) is 9.37 Å². The summed E-state index contributed by atoms with van der Waals surface area (Å²) < 4.78 is 25.5. The fourth-order valence-corrected chi connectivity index (χ4v) is 3.54. The zero-order valence-electron chi connectivity index (χ0n) is 17.9. The lowest BCUT2D eigenvalue weighted by Crippen LogP contribution is -2.15. The first-order chi connectivity index (χ1) is 16.0. The Hall–Kier alpha value is -3.63. The summed E-state index contributed by atoms with van der Waals surface area (Å²) in [6.45, 7) is 2.45. The summed E-state index contributed by atoms with van der Waals surface area (Å²) in [6.07, 6.45) is 2.76. The number of halogens is 1. The highest BCUT2D eigenvalue weighted by atomic mass is 19.1. The molecule has 5 rings (SSSR count). The van der Waals surface area contributed by atoms with Crippen molar-refractivity contribution in [3.8, 4) is 11.4 Å². The minimum atomic E-state index is -0.916. The van der Waals surface area contributed by atoms with Gasteiger partial charge in [-0.1, -0.05) is 17.3 Å². The van der Waals surface area contributed by atoms with E-state index in [-0.39, 0.29) is 25.0 Å². The van der Waals surface area contributed by atoms with Gasteiger partial charge in [0, 0.05) is 17.4 Å². The Labute approximate surface area is 188 Å². The van der Waals surface area contributed by atoms with Crippen LogP contribution >= 0.6 is 0 Å². The van der Waals surface area contributed by atoms with E-state index >= 15 is 0 Å². The topological polar surface area (TPSA) is 115 Å². The molecule has 0 unspecified atom stereocenters. The molecule has 2 N–H and O–H groups in total. The number of carbonyl (C=O) groups is 1. The maximum absolute atomic E-state index is 13.3. The monoisotopic (exact) mass is 451 g/mol. The van der Waals surface area contributed by atoms with Gasteiger partial charge in [0.2, 0.25) is 11.7 Å². The first-order valence-electron chi connectivity index (χ1n) is 10.6. The van der Waals surface area contributed by atoms with E-state index < -0.39 is 6.17 Å². The minimum Gasteiger partial charge on any atom is -0.394 e. The summed E-state index contributed by atoms with van der Waals surface area (Å²) in [7, 11) is 0. The molecule has 1 saturated carbocycles. The largest absolute Gasteiger partial charge is 0.394 e. The number of nitrogens with one attached hydrogen (secondary N) is 1. The minimum absolute atomic E-state index is 0.0386. The first-order valence-corrected chi connectivity index (χ1v) is 10.6. The molecule has 170 valence electrons. The number of hydrogen-bond acceptors (Lipinski definition) is 7. The standard InChI is InChI=1S/C23H22FN5O4/c1-13-2-3-15(21-27-23(33-28-21)16-10-17(16)24)9-18(13)26-22(31)19-11-25-20-8-14(4-5-29(19)20)12-32-7-6-30/h2-5,8-9,11,16-17,30H,6-7,10,12H2,1H3,(H,26,31)/t16-,17+/m0/s1. The van der Waals surface area contributed by atoms with E-state index in [0.29, 0.717) is 47.3 Å². The van der Waals surface area contributed by atoms with Crippen molar-refractivity contribution in [3.05, 3.63) is 65.4 Å². The molecule has 0 saturated heterocycles. The highest BCUT2D eigenvalue weighted by molar-refractivity contribution is 6.04. The second-order valence-corrected chi connectivity index (χ2v) is 7.98. The number of imidazole rings is 1. The Kier molecular flexibility index (Phi) is 5.61. The summed E-state index contributed by atoms with van der Waals surface area (Å²) in [5.41, 5.74) is 4.00. The van der Waals surface area contributed by atoms with Crippen LogP contribution in [0.25, 0.3) is 17.0 Å². The van der Waals surface area contributed by atoms with Crippen molar-refractivity contribution in [1.29, 1.82) is 0 Å². The molecule has 1 aliphatic rings. The van der Waals surface area contributed by atoms with Gasteiger partial charge in [-0.3, -0.25) is 9.20 Å². The lowest BCUT2D eigenvalue weighted by atomic mass is 10.1. The fraction of sp³-hybridized carbons (Fsp3) is 0.304. The van der Waals surface area contributed by atoms with Gasteiger partial charge < -0.3 is 19.7 Å². The van der Waals surface area contributed by atoms with E-state index in [2.05, 4.69) is 20.4 Å². The lowest BCUT2D eigenvalue weighted by Gasteiger charge is -2.10. The third-order valence-electron chi connectivity index (χ3n) is 5.53. The van der Waals surface area contributed by atoms with Crippen molar-refractivity contribution in [2.24, 2.45) is 0 Å². The molecule has 1 fully saturated rings. The zero-order chi connectivity index (χ0) is 22.9. The Balaban J connectivity index is 1.34. The van der Waals surface area contributed by atoms with Crippen LogP contribution in [0.3, 0.4) is 0 Å². The van der Waals surface area contributed by atoms with E-state index in [1.54, 1.807) is 16.7 Å². The molecule has 0 radical (unpaired) electrons. The number of aliphatic hydroxyl groups is 1. The maximum Gasteiger partial charge on any atom is 0.274 e. The van der Waals surface area contributed by atoms with Gasteiger partial charge >= 0.3 is 0 Å². The maximum atomic E-state index is 13.3. The number of benzene rings is 1. The highest BCUT2D eigenvalue weighted by Gasteiger charge is 2.43. The summed E-state index contributed by atoms with van der Waals surface area (Å²) in [5, 5.41) is 15.7. The number of hydrogen-bond donors (Lipinski definition) is 2. The number of rotatable bonds is 8. The molecule has 3 heterocycles. The number of fused-ring (bicyclic) bond motifs is 1. The number of alkyl halides is 1. The molecular weight excluding hydrogens is 429 g/mol. The van der Waals surface area contributed by atoms with Gasteiger partial charge in [0.1, 0.15) is 17.5 Å². The Morgan fingerprint density at radius 1 is 1.36 bits per heavy atom. The number of aryl methyl sites for hydroxylation is 1. The third kappa shape index (κ3) is 4.35. The molecule has 0 spiro atoms. The molecule has 4 aromatic rings. The van der Waals surface area contributed by atoms with Crippen LogP contribution < -0.4 is 5.32 Å². The second-order valence-electron chi connectivity index (χ2n) is 7.98. The number of amides is 1. The van der Waals surface area contributed by atoms with Gasteiger partial charge in [0.25, 0.3) is 5.91 Å². The quantitative estimate of drug-likeness (QED) is 0.395. The summed E-state index contributed by atoms with van der Waals surface area (Å²) in [6, 6.07) is 9.11. The van der Waals surface area contributed by atoms with E-state index in [1.165, 1.54) is 6.20 Å². The Morgan fingerprint density at radius 3 is 3.00 bits per heavy atom. The molecule has 3 aromatic heterocycles. The number of ether oxygens (including phenoxy) is 1. The predicted molar refractivity (Wildman–Crippen MR) is 117 cm³/mol.